The number of carbonyl (C=O) groups excluding carboxylic acids is 1. The monoisotopic (exact) mass is 348 g/mol. The van der Waals surface area contributed by atoms with Crippen LogP contribution < -0.4 is 10.6 Å². The van der Waals surface area contributed by atoms with Crippen molar-refractivity contribution in [3.63, 3.8) is 0 Å². The molecule has 2 heterocycles. The van der Waals surface area contributed by atoms with Gasteiger partial charge in [-0.25, -0.2) is 0 Å². The van der Waals surface area contributed by atoms with Crippen LogP contribution >= 0.6 is 0 Å². The number of fused-ring (bicyclic) bond motifs is 1. The Morgan fingerprint density at radius 2 is 2.12 bits per heavy atom. The standard InChI is InChI=1S/C21H24N4O/c1-15-3-2-4-19-17(5-6-20(21(15)19)23-14-26)11-16-12-24-25(13-16)18-7-9-22-10-8-18/h2-6,12-14,18,22H,7-11H2,1H3,(H,23,26). The molecule has 5 nitrogen and oxygen atoms in total. The first kappa shape index (κ1) is 16.8. The van der Waals surface area contributed by atoms with Crippen molar-refractivity contribution < 1.29 is 4.79 Å². The quantitative estimate of drug-likeness (QED) is 0.695. The minimum Gasteiger partial charge on any atom is -0.328 e. The van der Waals surface area contributed by atoms with Crippen LogP contribution in [-0.2, 0) is 11.2 Å². The van der Waals surface area contributed by atoms with Crippen LogP contribution in [0.25, 0.3) is 10.8 Å². The van der Waals surface area contributed by atoms with E-state index in [1.165, 1.54) is 22.1 Å². The van der Waals surface area contributed by atoms with Gasteiger partial charge in [0.15, 0.2) is 0 Å². The number of nitrogens with one attached hydrogen (secondary N) is 2. The molecule has 26 heavy (non-hydrogen) atoms. The maximum atomic E-state index is 10.9. The van der Waals surface area contributed by atoms with Crippen LogP contribution in [0, 0.1) is 6.92 Å². The van der Waals surface area contributed by atoms with Crippen molar-refractivity contribution >= 4 is 22.9 Å². The summed E-state index contributed by atoms with van der Waals surface area (Å²) in [5, 5.41) is 13.1. The molecule has 0 spiro atoms. The molecule has 2 N–H and O–H groups in total. The Kier molecular flexibility index (Phi) is 4.71. The summed E-state index contributed by atoms with van der Waals surface area (Å²) in [4.78, 5) is 10.9. The molecule has 4 rings (SSSR count). The first-order valence-corrected chi connectivity index (χ1v) is 9.21. The lowest BCUT2D eigenvalue weighted by Crippen LogP contribution is -2.29. The molecule has 1 saturated heterocycles. The minimum absolute atomic E-state index is 0.503. The second-order valence-electron chi connectivity index (χ2n) is 7.02. The minimum atomic E-state index is 0.503. The molecule has 1 fully saturated rings. The highest BCUT2D eigenvalue weighted by Crippen LogP contribution is 2.31. The third-order valence-corrected chi connectivity index (χ3v) is 5.29. The fourth-order valence-corrected chi connectivity index (χ4v) is 3.95. The summed E-state index contributed by atoms with van der Waals surface area (Å²) in [6.07, 6.45) is 8.03. The molecule has 1 aliphatic heterocycles. The Morgan fingerprint density at radius 3 is 2.92 bits per heavy atom. The zero-order valence-electron chi connectivity index (χ0n) is 15.0. The van der Waals surface area contributed by atoms with Crippen LogP contribution in [-0.4, -0.2) is 29.3 Å². The fraction of sp³-hybridized carbons (Fsp3) is 0.333. The fourth-order valence-electron chi connectivity index (χ4n) is 3.95. The van der Waals surface area contributed by atoms with Gasteiger partial charge >= 0.3 is 0 Å². The number of anilines is 1. The third kappa shape index (κ3) is 3.22. The molecule has 1 aliphatic rings. The lowest BCUT2D eigenvalue weighted by Gasteiger charge is -2.22. The predicted octanol–water partition coefficient (Wildman–Crippen LogP) is 3.43. The molecule has 0 radical (unpaired) electrons. The number of rotatable bonds is 5. The maximum Gasteiger partial charge on any atom is 0.211 e. The number of aromatic nitrogens is 2. The van der Waals surface area contributed by atoms with E-state index in [2.05, 4.69) is 57.8 Å². The van der Waals surface area contributed by atoms with Crippen molar-refractivity contribution in [2.75, 3.05) is 18.4 Å². The zero-order chi connectivity index (χ0) is 17.9. The number of benzene rings is 2. The Morgan fingerprint density at radius 1 is 1.27 bits per heavy atom. The van der Waals surface area contributed by atoms with Crippen LogP contribution in [0.4, 0.5) is 5.69 Å². The molecule has 2 aromatic carbocycles. The smallest absolute Gasteiger partial charge is 0.211 e. The van der Waals surface area contributed by atoms with Gasteiger partial charge in [0.2, 0.25) is 6.41 Å². The van der Waals surface area contributed by atoms with Crippen molar-refractivity contribution in [3.8, 4) is 0 Å². The first-order valence-electron chi connectivity index (χ1n) is 9.21. The van der Waals surface area contributed by atoms with Crippen LogP contribution in [0.3, 0.4) is 0 Å². The number of amides is 1. The lowest BCUT2D eigenvalue weighted by atomic mass is 9.96. The number of carbonyl (C=O) groups is 1. The van der Waals surface area contributed by atoms with Crippen LogP contribution in [0.2, 0.25) is 0 Å². The molecule has 1 amide bonds. The molecule has 0 atom stereocenters. The van der Waals surface area contributed by atoms with E-state index in [0.717, 1.165) is 49.8 Å². The molecule has 5 heteroatoms. The number of nitrogens with zero attached hydrogens (tertiary/aromatic N) is 2. The van der Waals surface area contributed by atoms with E-state index in [-0.39, 0.29) is 0 Å². The van der Waals surface area contributed by atoms with Crippen molar-refractivity contribution in [2.24, 2.45) is 0 Å². The summed E-state index contributed by atoms with van der Waals surface area (Å²) in [6, 6.07) is 10.9. The van der Waals surface area contributed by atoms with E-state index >= 15 is 0 Å². The van der Waals surface area contributed by atoms with E-state index in [1.807, 2.05) is 12.3 Å². The maximum absolute atomic E-state index is 10.9. The largest absolute Gasteiger partial charge is 0.328 e. The third-order valence-electron chi connectivity index (χ3n) is 5.29. The van der Waals surface area contributed by atoms with Crippen molar-refractivity contribution in [3.05, 3.63) is 59.4 Å². The van der Waals surface area contributed by atoms with Crippen LogP contribution in [0.5, 0.6) is 0 Å². The summed E-state index contributed by atoms with van der Waals surface area (Å²) in [6.45, 7) is 4.21. The van der Waals surface area contributed by atoms with Crippen LogP contribution in [0.15, 0.2) is 42.7 Å². The van der Waals surface area contributed by atoms with Crippen molar-refractivity contribution in [1.29, 1.82) is 0 Å². The molecule has 134 valence electrons. The Balaban J connectivity index is 1.65. The van der Waals surface area contributed by atoms with Gasteiger partial charge in [-0.2, -0.15) is 5.10 Å². The molecule has 0 unspecified atom stereocenters. The number of piperidine rings is 1. The molecular formula is C21H24N4O. The first-order chi connectivity index (χ1) is 12.8. The summed E-state index contributed by atoms with van der Waals surface area (Å²) >= 11 is 0. The van der Waals surface area contributed by atoms with Gasteiger partial charge in [0.1, 0.15) is 0 Å². The van der Waals surface area contributed by atoms with E-state index in [1.54, 1.807) is 0 Å². The molecule has 0 aliphatic carbocycles. The zero-order valence-corrected chi connectivity index (χ0v) is 15.0. The topological polar surface area (TPSA) is 59.0 Å². The molecule has 0 saturated carbocycles. The predicted molar refractivity (Wildman–Crippen MR) is 105 cm³/mol. The van der Waals surface area contributed by atoms with Crippen molar-refractivity contribution in [1.82, 2.24) is 15.1 Å². The summed E-state index contributed by atoms with van der Waals surface area (Å²) in [7, 11) is 0. The summed E-state index contributed by atoms with van der Waals surface area (Å²) in [5.41, 5.74) is 4.51. The van der Waals surface area contributed by atoms with E-state index in [9.17, 15) is 4.79 Å². The van der Waals surface area contributed by atoms with Gasteiger partial charge < -0.3 is 10.6 Å². The summed E-state index contributed by atoms with van der Waals surface area (Å²) in [5.74, 6) is 0. The molecular weight excluding hydrogens is 324 g/mol. The average molecular weight is 348 g/mol. The normalized spacial score (nSPS) is 15.3. The highest BCUT2D eigenvalue weighted by molar-refractivity contribution is 6.01. The van der Waals surface area contributed by atoms with Gasteiger partial charge in [-0.3, -0.25) is 9.48 Å². The number of aryl methyl sites for hydroxylation is 1. The van der Waals surface area contributed by atoms with Gasteiger partial charge in [-0.1, -0.05) is 24.3 Å². The molecule has 1 aromatic heterocycles. The molecule has 3 aromatic rings. The SMILES string of the molecule is Cc1cccc2c(Cc3cnn(C4CCNCC4)c3)ccc(NC=O)c12. The number of hydrogen-bond acceptors (Lipinski definition) is 3. The Bertz CT molecular complexity index is 925. The van der Waals surface area contributed by atoms with Gasteiger partial charge in [0.25, 0.3) is 0 Å². The van der Waals surface area contributed by atoms with Gasteiger partial charge in [-0.15, -0.1) is 0 Å². The van der Waals surface area contributed by atoms with E-state index in [4.69, 9.17) is 0 Å². The molecule has 0 bridgehead atoms. The van der Waals surface area contributed by atoms with Gasteiger partial charge in [0, 0.05) is 23.7 Å². The second-order valence-corrected chi connectivity index (χ2v) is 7.02. The van der Waals surface area contributed by atoms with Crippen molar-refractivity contribution in [2.45, 2.75) is 32.2 Å². The van der Waals surface area contributed by atoms with Gasteiger partial charge in [-0.05, 0) is 61.0 Å². The highest BCUT2D eigenvalue weighted by atomic mass is 16.1. The average Bonchev–Trinajstić information content (AvgIpc) is 3.13. The van der Waals surface area contributed by atoms with Crippen LogP contribution in [0.1, 0.15) is 35.6 Å². The summed E-state index contributed by atoms with van der Waals surface area (Å²) < 4.78 is 2.13. The Hall–Kier alpha value is -2.66. The van der Waals surface area contributed by atoms with E-state index < -0.39 is 0 Å². The lowest BCUT2D eigenvalue weighted by molar-refractivity contribution is -0.105. The second kappa shape index (κ2) is 7.30. The number of hydrogen-bond donors (Lipinski definition) is 2. The Labute approximate surface area is 153 Å². The van der Waals surface area contributed by atoms with Gasteiger partial charge in [0.05, 0.1) is 12.2 Å². The van der Waals surface area contributed by atoms with E-state index in [0.29, 0.717) is 6.04 Å². The highest BCUT2D eigenvalue weighted by Gasteiger charge is 2.16.